The van der Waals surface area contributed by atoms with Crippen molar-refractivity contribution >= 4 is 22.9 Å². The predicted molar refractivity (Wildman–Crippen MR) is 136 cm³/mol. The zero-order valence-electron chi connectivity index (χ0n) is 19.4. The number of aromatic nitrogens is 1. The second-order valence-electron chi connectivity index (χ2n) is 9.14. The van der Waals surface area contributed by atoms with Gasteiger partial charge in [0, 0.05) is 24.3 Å². The van der Waals surface area contributed by atoms with E-state index in [-0.39, 0.29) is 30.4 Å². The van der Waals surface area contributed by atoms with Gasteiger partial charge in [-0.1, -0.05) is 66.7 Å². The molecule has 5 rings (SSSR count). The monoisotopic (exact) mass is 467 g/mol. The Kier molecular flexibility index (Phi) is 6.80. The molecule has 2 amide bonds. The average Bonchev–Trinajstić information content (AvgIpc) is 3.34. The van der Waals surface area contributed by atoms with Crippen LogP contribution in [0.3, 0.4) is 0 Å². The Balaban J connectivity index is 1.22. The summed E-state index contributed by atoms with van der Waals surface area (Å²) in [6.45, 7) is 0.729. The van der Waals surface area contributed by atoms with E-state index in [1.165, 1.54) is 0 Å². The quantitative estimate of drug-likeness (QED) is 0.330. The van der Waals surface area contributed by atoms with Crippen molar-refractivity contribution < 1.29 is 14.3 Å². The molecule has 0 saturated heterocycles. The van der Waals surface area contributed by atoms with Crippen LogP contribution in [0.1, 0.15) is 35.4 Å². The molecule has 1 aromatic heterocycles. The summed E-state index contributed by atoms with van der Waals surface area (Å²) in [6, 6.07) is 27.7. The Hall–Kier alpha value is -4.06. The third kappa shape index (κ3) is 5.54. The standard InChI is InChI=1S/C29H29N3O3/c33-28(31-18-20-7-3-1-4-8-20)27(23-11-12-26-22(15-23)13-14-30-26)24-16-25(17-24)32-29(34)35-19-21-9-5-2-6-10-21/h1-15,24-25,27,30H,16-19H2,(H,31,33)(H,32,34). The number of nitrogens with one attached hydrogen (secondary N) is 3. The van der Waals surface area contributed by atoms with Crippen molar-refractivity contribution in [2.45, 2.75) is 38.0 Å². The second-order valence-corrected chi connectivity index (χ2v) is 9.14. The van der Waals surface area contributed by atoms with Crippen LogP contribution in [-0.2, 0) is 22.7 Å². The van der Waals surface area contributed by atoms with E-state index < -0.39 is 6.09 Å². The molecule has 1 saturated carbocycles. The summed E-state index contributed by atoms with van der Waals surface area (Å²) in [4.78, 5) is 28.9. The van der Waals surface area contributed by atoms with Crippen LogP contribution in [0.15, 0.2) is 91.1 Å². The summed E-state index contributed by atoms with van der Waals surface area (Å²) in [5.74, 6) is -0.128. The number of rotatable bonds is 8. The number of hydrogen-bond donors (Lipinski definition) is 3. The first kappa shape index (κ1) is 22.7. The van der Waals surface area contributed by atoms with Crippen molar-refractivity contribution in [2.24, 2.45) is 5.92 Å². The van der Waals surface area contributed by atoms with Gasteiger partial charge in [-0.3, -0.25) is 4.79 Å². The third-order valence-electron chi connectivity index (χ3n) is 6.71. The molecule has 0 radical (unpaired) electrons. The average molecular weight is 468 g/mol. The highest BCUT2D eigenvalue weighted by Crippen LogP contribution is 2.40. The molecule has 1 unspecified atom stereocenters. The SMILES string of the molecule is O=C(NC1CC(C(C(=O)NCc2ccccc2)c2ccc3[nH]ccc3c2)C1)OCc1ccccc1. The molecule has 35 heavy (non-hydrogen) atoms. The van der Waals surface area contributed by atoms with Crippen molar-refractivity contribution in [2.75, 3.05) is 0 Å². The molecule has 3 N–H and O–H groups in total. The summed E-state index contributed by atoms with van der Waals surface area (Å²) in [7, 11) is 0. The molecular formula is C29H29N3O3. The lowest BCUT2D eigenvalue weighted by molar-refractivity contribution is -0.124. The molecule has 178 valence electrons. The zero-order chi connectivity index (χ0) is 24.0. The molecule has 6 nitrogen and oxygen atoms in total. The predicted octanol–water partition coefficient (Wildman–Crippen LogP) is 5.27. The Bertz CT molecular complexity index is 1280. The molecule has 0 bridgehead atoms. The maximum atomic E-state index is 13.4. The summed E-state index contributed by atoms with van der Waals surface area (Å²) in [5.41, 5.74) is 4.06. The van der Waals surface area contributed by atoms with Gasteiger partial charge < -0.3 is 20.4 Å². The van der Waals surface area contributed by atoms with Gasteiger partial charge in [-0.05, 0) is 59.0 Å². The van der Waals surface area contributed by atoms with Gasteiger partial charge in [-0.15, -0.1) is 0 Å². The lowest BCUT2D eigenvalue weighted by atomic mass is 9.69. The first-order valence-electron chi connectivity index (χ1n) is 12.0. The minimum absolute atomic E-state index is 0.00341. The van der Waals surface area contributed by atoms with Crippen molar-refractivity contribution in [3.63, 3.8) is 0 Å². The number of alkyl carbamates (subject to hydrolysis) is 1. The van der Waals surface area contributed by atoms with Gasteiger partial charge in [0.25, 0.3) is 0 Å². The second kappa shape index (κ2) is 10.5. The Morgan fingerprint density at radius 2 is 1.63 bits per heavy atom. The van der Waals surface area contributed by atoms with Crippen molar-refractivity contribution in [3.05, 3.63) is 108 Å². The molecule has 0 spiro atoms. The normalized spacial score (nSPS) is 17.8. The van der Waals surface area contributed by atoms with Gasteiger partial charge in [0.1, 0.15) is 6.61 Å². The van der Waals surface area contributed by atoms with Crippen molar-refractivity contribution in [1.82, 2.24) is 15.6 Å². The van der Waals surface area contributed by atoms with E-state index in [0.29, 0.717) is 6.54 Å². The van der Waals surface area contributed by atoms with Crippen LogP contribution >= 0.6 is 0 Å². The molecule has 1 aliphatic rings. The van der Waals surface area contributed by atoms with E-state index in [1.54, 1.807) is 0 Å². The fraction of sp³-hybridized carbons (Fsp3) is 0.241. The van der Waals surface area contributed by atoms with Crippen LogP contribution in [-0.4, -0.2) is 23.0 Å². The van der Waals surface area contributed by atoms with E-state index in [1.807, 2.05) is 85.1 Å². The van der Waals surface area contributed by atoms with Gasteiger partial charge in [-0.2, -0.15) is 0 Å². The third-order valence-corrected chi connectivity index (χ3v) is 6.71. The molecule has 1 heterocycles. The van der Waals surface area contributed by atoms with Gasteiger partial charge in [0.2, 0.25) is 5.91 Å². The molecule has 3 aromatic carbocycles. The highest BCUT2D eigenvalue weighted by Gasteiger charge is 2.40. The number of amides is 2. The molecule has 1 fully saturated rings. The summed E-state index contributed by atoms with van der Waals surface area (Å²) in [5, 5.41) is 7.16. The topological polar surface area (TPSA) is 83.2 Å². The van der Waals surface area contributed by atoms with Crippen LogP contribution in [0.2, 0.25) is 0 Å². The summed E-state index contributed by atoms with van der Waals surface area (Å²) >= 11 is 0. The number of fused-ring (bicyclic) bond motifs is 1. The Labute approximate surface area is 204 Å². The van der Waals surface area contributed by atoms with Crippen LogP contribution < -0.4 is 10.6 Å². The Morgan fingerprint density at radius 3 is 2.37 bits per heavy atom. The largest absolute Gasteiger partial charge is 0.445 e. The number of carbonyl (C=O) groups excluding carboxylic acids is 2. The van der Waals surface area contributed by atoms with E-state index >= 15 is 0 Å². The molecule has 4 aromatic rings. The smallest absolute Gasteiger partial charge is 0.407 e. The molecule has 1 aliphatic carbocycles. The zero-order valence-corrected chi connectivity index (χ0v) is 19.4. The number of benzene rings is 3. The Morgan fingerprint density at radius 1 is 0.914 bits per heavy atom. The van der Waals surface area contributed by atoms with Crippen LogP contribution in [0.25, 0.3) is 10.9 Å². The minimum atomic E-state index is -0.420. The van der Waals surface area contributed by atoms with E-state index in [0.717, 1.165) is 40.4 Å². The maximum Gasteiger partial charge on any atom is 0.407 e. The number of hydrogen-bond acceptors (Lipinski definition) is 3. The number of H-pyrrole nitrogens is 1. The molecule has 0 aliphatic heterocycles. The maximum absolute atomic E-state index is 13.4. The van der Waals surface area contributed by atoms with Crippen LogP contribution in [0.5, 0.6) is 0 Å². The van der Waals surface area contributed by atoms with E-state index in [4.69, 9.17) is 4.74 Å². The van der Waals surface area contributed by atoms with Gasteiger partial charge in [0.15, 0.2) is 0 Å². The fourth-order valence-electron chi connectivity index (χ4n) is 4.78. The highest BCUT2D eigenvalue weighted by atomic mass is 16.5. The summed E-state index contributed by atoms with van der Waals surface area (Å²) in [6.07, 6.45) is 2.95. The molecule has 1 atom stereocenters. The van der Waals surface area contributed by atoms with Gasteiger partial charge >= 0.3 is 6.09 Å². The first-order valence-corrected chi connectivity index (χ1v) is 12.0. The van der Waals surface area contributed by atoms with Gasteiger partial charge in [-0.25, -0.2) is 4.79 Å². The first-order chi connectivity index (χ1) is 17.2. The number of ether oxygens (including phenoxy) is 1. The van der Waals surface area contributed by atoms with Gasteiger partial charge in [0.05, 0.1) is 5.92 Å². The van der Waals surface area contributed by atoms with E-state index in [9.17, 15) is 9.59 Å². The van der Waals surface area contributed by atoms with Crippen LogP contribution in [0, 0.1) is 5.92 Å². The molecule has 6 heteroatoms. The van der Waals surface area contributed by atoms with Crippen molar-refractivity contribution in [1.29, 1.82) is 0 Å². The summed E-state index contributed by atoms with van der Waals surface area (Å²) < 4.78 is 5.36. The van der Waals surface area contributed by atoms with E-state index in [2.05, 4.69) is 21.7 Å². The minimum Gasteiger partial charge on any atom is -0.445 e. The number of carbonyl (C=O) groups is 2. The lowest BCUT2D eigenvalue weighted by Crippen LogP contribution is -2.48. The fourth-order valence-corrected chi connectivity index (χ4v) is 4.78. The molecular weight excluding hydrogens is 438 g/mol. The van der Waals surface area contributed by atoms with Crippen molar-refractivity contribution in [3.8, 4) is 0 Å². The number of aromatic amines is 1. The lowest BCUT2D eigenvalue weighted by Gasteiger charge is -2.40. The highest BCUT2D eigenvalue weighted by molar-refractivity contribution is 5.87. The van der Waals surface area contributed by atoms with Crippen LogP contribution in [0.4, 0.5) is 4.79 Å².